The fraction of sp³-hybridized carbons (Fsp3) is 0.524. The number of ether oxygens (including phenoxy) is 2. The van der Waals surface area contributed by atoms with Gasteiger partial charge in [-0.1, -0.05) is 6.07 Å². The van der Waals surface area contributed by atoms with Crippen molar-refractivity contribution in [3.05, 3.63) is 46.1 Å². The van der Waals surface area contributed by atoms with Crippen LogP contribution in [-0.4, -0.2) is 63.4 Å². The van der Waals surface area contributed by atoms with Crippen LogP contribution in [0.2, 0.25) is 0 Å². The van der Waals surface area contributed by atoms with Gasteiger partial charge in [0.25, 0.3) is 5.91 Å². The van der Waals surface area contributed by atoms with Gasteiger partial charge in [-0.15, -0.1) is 13.2 Å². The first-order valence-electron chi connectivity index (χ1n) is 10.9. The second-order valence-corrected chi connectivity index (χ2v) is 8.27. The quantitative estimate of drug-likeness (QED) is 0.514. The number of aromatic nitrogens is 2. The zero-order valence-corrected chi connectivity index (χ0v) is 18.2. The van der Waals surface area contributed by atoms with Crippen LogP contribution >= 0.6 is 0 Å². The molecule has 1 aliphatic carbocycles. The number of nitrogens with one attached hydrogen (secondary N) is 1. The SMILES string of the molecule is O=C(NC1CCC(N2CCOc3nc([N+](=O)[O-])cn3CC2)CC1)c1cccc(OC(F)(F)F)c1. The van der Waals surface area contributed by atoms with Gasteiger partial charge in [-0.05, 0) is 48.8 Å². The molecule has 1 saturated carbocycles. The third kappa shape index (κ3) is 5.95. The highest BCUT2D eigenvalue weighted by atomic mass is 19.4. The van der Waals surface area contributed by atoms with Gasteiger partial charge in [0.1, 0.15) is 18.6 Å². The maximum absolute atomic E-state index is 12.5. The minimum Gasteiger partial charge on any atom is -0.444 e. The molecule has 184 valence electrons. The molecule has 0 unspecified atom stereocenters. The summed E-state index contributed by atoms with van der Waals surface area (Å²) in [5, 5.41) is 13.9. The average Bonchev–Trinajstić information content (AvgIpc) is 3.16. The van der Waals surface area contributed by atoms with Crippen molar-refractivity contribution in [1.29, 1.82) is 0 Å². The number of carbonyl (C=O) groups excluding carboxylic acids is 1. The van der Waals surface area contributed by atoms with E-state index in [0.717, 1.165) is 37.8 Å². The van der Waals surface area contributed by atoms with E-state index < -0.39 is 22.9 Å². The van der Waals surface area contributed by atoms with Crippen LogP contribution in [-0.2, 0) is 6.54 Å². The summed E-state index contributed by atoms with van der Waals surface area (Å²) in [5.74, 6) is -1.12. The molecule has 1 amide bonds. The van der Waals surface area contributed by atoms with Crippen LogP contribution in [0.3, 0.4) is 0 Å². The Balaban J connectivity index is 1.28. The zero-order valence-electron chi connectivity index (χ0n) is 18.2. The minimum absolute atomic E-state index is 0.0788. The molecular weight excluding hydrogens is 459 g/mol. The van der Waals surface area contributed by atoms with Crippen LogP contribution < -0.4 is 14.8 Å². The van der Waals surface area contributed by atoms with Gasteiger partial charge in [0.2, 0.25) is 0 Å². The molecule has 34 heavy (non-hydrogen) atoms. The number of hydrogen-bond acceptors (Lipinski definition) is 7. The van der Waals surface area contributed by atoms with Crippen LogP contribution in [0.25, 0.3) is 0 Å². The maximum Gasteiger partial charge on any atom is 0.573 e. The minimum atomic E-state index is -4.82. The highest BCUT2D eigenvalue weighted by Crippen LogP contribution is 2.27. The maximum atomic E-state index is 12.5. The molecule has 0 radical (unpaired) electrons. The van der Waals surface area contributed by atoms with E-state index in [9.17, 15) is 28.1 Å². The van der Waals surface area contributed by atoms with Gasteiger partial charge in [-0.25, -0.2) is 0 Å². The van der Waals surface area contributed by atoms with Crippen LogP contribution in [0.1, 0.15) is 36.0 Å². The van der Waals surface area contributed by atoms with Crippen molar-refractivity contribution in [2.75, 3.05) is 19.7 Å². The molecule has 0 atom stereocenters. The topological polar surface area (TPSA) is 112 Å². The molecule has 2 heterocycles. The first-order valence-corrected chi connectivity index (χ1v) is 10.9. The summed E-state index contributed by atoms with van der Waals surface area (Å²) < 4.78 is 48.4. The van der Waals surface area contributed by atoms with Crippen molar-refractivity contribution >= 4 is 11.7 Å². The van der Waals surface area contributed by atoms with E-state index in [2.05, 4.69) is 19.9 Å². The molecule has 4 rings (SSSR count). The van der Waals surface area contributed by atoms with E-state index in [0.29, 0.717) is 26.2 Å². The summed E-state index contributed by atoms with van der Waals surface area (Å²) in [6.07, 6.45) is -0.320. The summed E-state index contributed by atoms with van der Waals surface area (Å²) in [5.41, 5.74) is 0.107. The summed E-state index contributed by atoms with van der Waals surface area (Å²) in [6.45, 7) is 2.23. The number of imidazole rings is 1. The highest BCUT2D eigenvalue weighted by Gasteiger charge is 2.32. The largest absolute Gasteiger partial charge is 0.573 e. The molecule has 2 aliphatic rings. The third-order valence-electron chi connectivity index (χ3n) is 6.03. The lowest BCUT2D eigenvalue weighted by molar-refractivity contribution is -0.389. The third-order valence-corrected chi connectivity index (χ3v) is 6.03. The molecule has 0 bridgehead atoms. The molecule has 0 saturated heterocycles. The summed E-state index contributed by atoms with van der Waals surface area (Å²) in [7, 11) is 0. The van der Waals surface area contributed by atoms with Gasteiger partial charge < -0.3 is 24.9 Å². The Hall–Kier alpha value is -3.35. The Labute approximate surface area is 192 Å². The van der Waals surface area contributed by atoms with E-state index in [1.807, 2.05) is 0 Å². The lowest BCUT2D eigenvalue weighted by Gasteiger charge is -2.37. The van der Waals surface area contributed by atoms with Gasteiger partial charge >= 0.3 is 18.2 Å². The van der Waals surface area contributed by atoms with E-state index in [4.69, 9.17) is 4.74 Å². The van der Waals surface area contributed by atoms with Gasteiger partial charge in [0, 0.05) is 42.3 Å². The Bertz CT molecular complexity index is 1040. The fourth-order valence-electron chi connectivity index (χ4n) is 4.40. The zero-order chi connectivity index (χ0) is 24.3. The molecule has 0 spiro atoms. The van der Waals surface area contributed by atoms with Gasteiger partial charge in [0.05, 0.1) is 0 Å². The first-order chi connectivity index (χ1) is 16.2. The monoisotopic (exact) mass is 483 g/mol. The van der Waals surface area contributed by atoms with Crippen molar-refractivity contribution in [2.24, 2.45) is 0 Å². The molecule has 13 heteroatoms. The average molecular weight is 483 g/mol. The second-order valence-electron chi connectivity index (χ2n) is 8.27. The van der Waals surface area contributed by atoms with E-state index in [1.165, 1.54) is 18.3 Å². The normalized spacial score (nSPS) is 21.5. The number of alkyl halides is 3. The van der Waals surface area contributed by atoms with Crippen molar-refractivity contribution in [2.45, 2.75) is 50.7 Å². The van der Waals surface area contributed by atoms with Crippen LogP contribution in [0.5, 0.6) is 11.8 Å². The van der Waals surface area contributed by atoms with Crippen molar-refractivity contribution < 1.29 is 32.4 Å². The van der Waals surface area contributed by atoms with Crippen LogP contribution in [0.15, 0.2) is 30.5 Å². The molecule has 10 nitrogen and oxygen atoms in total. The number of carbonyl (C=O) groups is 1. The Morgan fingerprint density at radius 2 is 1.97 bits per heavy atom. The van der Waals surface area contributed by atoms with Crippen molar-refractivity contribution in [3.8, 4) is 11.8 Å². The summed E-state index contributed by atoms with van der Waals surface area (Å²) in [4.78, 5) is 29.1. The summed E-state index contributed by atoms with van der Waals surface area (Å²) >= 11 is 0. The fourth-order valence-corrected chi connectivity index (χ4v) is 4.40. The number of rotatable bonds is 5. The smallest absolute Gasteiger partial charge is 0.444 e. The van der Waals surface area contributed by atoms with Crippen molar-refractivity contribution in [3.63, 3.8) is 0 Å². The first kappa shape index (κ1) is 23.8. The van der Waals surface area contributed by atoms with Gasteiger partial charge in [-0.2, -0.15) is 0 Å². The summed E-state index contributed by atoms with van der Waals surface area (Å²) in [6, 6.07) is 5.46. The molecular formula is C21H24F3N5O5. The van der Waals surface area contributed by atoms with E-state index in [-0.39, 0.29) is 29.5 Å². The van der Waals surface area contributed by atoms with E-state index in [1.54, 1.807) is 4.57 Å². The number of benzene rings is 1. The van der Waals surface area contributed by atoms with E-state index >= 15 is 0 Å². The molecule has 1 N–H and O–H groups in total. The van der Waals surface area contributed by atoms with Gasteiger partial charge in [0.15, 0.2) is 0 Å². The Morgan fingerprint density at radius 3 is 2.68 bits per heavy atom. The van der Waals surface area contributed by atoms with Crippen LogP contribution in [0, 0.1) is 10.1 Å². The Morgan fingerprint density at radius 1 is 1.21 bits per heavy atom. The molecule has 1 aromatic carbocycles. The number of amides is 1. The van der Waals surface area contributed by atoms with Crippen molar-refractivity contribution in [1.82, 2.24) is 19.8 Å². The standard InChI is InChI=1S/C21H24F3N5O5/c22-21(23,24)34-17-3-1-2-14(12-17)19(30)25-15-4-6-16(7-5-15)27-8-9-28-13-18(29(31)32)26-20(28)33-11-10-27/h1-3,12-13,15-16H,4-11H2,(H,25,30). The number of fused-ring (bicyclic) bond motifs is 1. The molecule has 2 aromatic rings. The number of halogens is 3. The number of hydrogen-bond donors (Lipinski definition) is 1. The number of nitro groups is 1. The number of nitrogens with zero attached hydrogens (tertiary/aromatic N) is 4. The molecule has 1 aliphatic heterocycles. The predicted molar refractivity (Wildman–Crippen MR) is 113 cm³/mol. The van der Waals surface area contributed by atoms with Crippen LogP contribution in [0.4, 0.5) is 19.0 Å². The van der Waals surface area contributed by atoms with Gasteiger partial charge in [-0.3, -0.25) is 14.3 Å². The molecule has 1 fully saturated rings. The predicted octanol–water partition coefficient (Wildman–Crippen LogP) is 3.13. The lowest BCUT2D eigenvalue weighted by atomic mass is 9.90. The Kier molecular flexibility index (Phi) is 6.91. The lowest BCUT2D eigenvalue weighted by Crippen LogP contribution is -2.46. The highest BCUT2D eigenvalue weighted by molar-refractivity contribution is 5.94. The molecule has 1 aromatic heterocycles. The second kappa shape index (κ2) is 9.87.